The number of nitrogens with zero attached hydrogens (tertiary/aromatic N) is 2. The van der Waals surface area contributed by atoms with Gasteiger partial charge in [-0.2, -0.15) is 0 Å². The van der Waals surface area contributed by atoms with Crippen molar-refractivity contribution in [1.82, 2.24) is 15.1 Å². The molecule has 0 aromatic heterocycles. The summed E-state index contributed by atoms with van der Waals surface area (Å²) in [5.41, 5.74) is 1.11. The summed E-state index contributed by atoms with van der Waals surface area (Å²) in [5.74, 6) is 2.01. The Labute approximate surface area is 210 Å². The maximum Gasteiger partial charge on any atom is 0.325 e. The van der Waals surface area contributed by atoms with E-state index in [0.717, 1.165) is 49.4 Å². The number of aliphatic hydroxyl groups is 1. The highest BCUT2D eigenvalue weighted by Crippen LogP contribution is 2.38. The van der Waals surface area contributed by atoms with Crippen molar-refractivity contribution in [3.8, 4) is 17.2 Å². The molecule has 3 aliphatic rings. The summed E-state index contributed by atoms with van der Waals surface area (Å²) in [5, 5.41) is 12.1. The van der Waals surface area contributed by atoms with Gasteiger partial charge in [-0.15, -0.1) is 0 Å². The second-order valence-corrected chi connectivity index (χ2v) is 9.60. The average Bonchev–Trinajstić information content (AvgIpc) is 3.46. The number of hydrogen-bond donors (Lipinski definition) is 2. The molecular weight excluding hydrogens is 462 g/mol. The Bertz CT molecular complexity index is 1120. The third-order valence-electron chi connectivity index (χ3n) is 7.49. The Kier molecular flexibility index (Phi) is 7.02. The number of piperidine rings is 1. The van der Waals surface area contributed by atoms with Crippen molar-refractivity contribution in [2.24, 2.45) is 5.92 Å². The number of ether oxygens (including phenoxy) is 3. The van der Waals surface area contributed by atoms with Crippen LogP contribution in [0.15, 0.2) is 42.5 Å². The standard InChI is InChI=1S/C27H33N3O6/c1-2-27(21-8-10-29(11-9-21)16-19-4-3-5-22(14-19)34-13-12-31)25(32)30(26(33)28-27)17-20-6-7-23-24(15-20)36-18-35-23/h3-7,14-15,21,31H,2,8-13,16-18H2,1H3,(H,28,33)/t27-/m1/s1. The number of carbonyl (C=O) groups is 2. The first-order chi connectivity index (χ1) is 17.5. The molecule has 2 aromatic carbocycles. The first-order valence-corrected chi connectivity index (χ1v) is 12.6. The van der Waals surface area contributed by atoms with Gasteiger partial charge in [-0.3, -0.25) is 14.6 Å². The Morgan fingerprint density at radius 1 is 1.06 bits per heavy atom. The molecule has 0 bridgehead atoms. The normalized spacial score (nSPS) is 22.2. The van der Waals surface area contributed by atoms with E-state index in [9.17, 15) is 9.59 Å². The van der Waals surface area contributed by atoms with E-state index in [1.807, 2.05) is 43.3 Å². The van der Waals surface area contributed by atoms with Crippen LogP contribution in [0.1, 0.15) is 37.3 Å². The number of hydrogen-bond acceptors (Lipinski definition) is 7. The fourth-order valence-corrected chi connectivity index (χ4v) is 5.55. The van der Waals surface area contributed by atoms with Gasteiger partial charge in [0.2, 0.25) is 6.79 Å². The zero-order chi connectivity index (χ0) is 25.1. The van der Waals surface area contributed by atoms with Crippen LogP contribution in [0.3, 0.4) is 0 Å². The lowest BCUT2D eigenvalue weighted by Crippen LogP contribution is -2.55. The third kappa shape index (κ3) is 4.73. The Balaban J connectivity index is 1.21. The van der Waals surface area contributed by atoms with E-state index in [2.05, 4.69) is 16.3 Å². The molecule has 192 valence electrons. The molecule has 3 heterocycles. The second kappa shape index (κ2) is 10.4. The third-order valence-corrected chi connectivity index (χ3v) is 7.49. The highest BCUT2D eigenvalue weighted by Gasteiger charge is 2.54. The monoisotopic (exact) mass is 495 g/mol. The van der Waals surface area contributed by atoms with Gasteiger partial charge >= 0.3 is 6.03 Å². The van der Waals surface area contributed by atoms with Gasteiger partial charge in [-0.1, -0.05) is 25.1 Å². The van der Waals surface area contributed by atoms with Crippen LogP contribution in [0.5, 0.6) is 17.2 Å². The summed E-state index contributed by atoms with van der Waals surface area (Å²) in [6.07, 6.45) is 2.22. The molecule has 9 heteroatoms. The zero-order valence-corrected chi connectivity index (χ0v) is 20.6. The van der Waals surface area contributed by atoms with Crippen LogP contribution in [-0.4, -0.2) is 65.5 Å². The Morgan fingerprint density at radius 2 is 1.83 bits per heavy atom. The maximum absolute atomic E-state index is 13.6. The Morgan fingerprint density at radius 3 is 2.61 bits per heavy atom. The second-order valence-electron chi connectivity index (χ2n) is 9.60. The van der Waals surface area contributed by atoms with Gasteiger partial charge in [0.25, 0.3) is 5.91 Å². The summed E-state index contributed by atoms with van der Waals surface area (Å²) in [7, 11) is 0. The van der Waals surface area contributed by atoms with E-state index >= 15 is 0 Å². The highest BCUT2D eigenvalue weighted by molar-refractivity contribution is 6.07. The van der Waals surface area contributed by atoms with Gasteiger partial charge in [0.1, 0.15) is 17.9 Å². The molecule has 3 aliphatic heterocycles. The molecule has 0 radical (unpaired) electrons. The molecular formula is C27H33N3O6. The van der Waals surface area contributed by atoms with Crippen LogP contribution < -0.4 is 19.5 Å². The average molecular weight is 496 g/mol. The van der Waals surface area contributed by atoms with Crippen molar-refractivity contribution < 1.29 is 28.9 Å². The van der Waals surface area contributed by atoms with E-state index in [-0.39, 0.29) is 44.4 Å². The Hall–Kier alpha value is -3.30. The van der Waals surface area contributed by atoms with Crippen LogP contribution in [0.4, 0.5) is 4.79 Å². The van der Waals surface area contributed by atoms with Crippen molar-refractivity contribution >= 4 is 11.9 Å². The molecule has 2 N–H and O–H groups in total. The van der Waals surface area contributed by atoms with Gasteiger partial charge < -0.3 is 24.6 Å². The number of benzene rings is 2. The number of amides is 3. The molecule has 0 unspecified atom stereocenters. The first-order valence-electron chi connectivity index (χ1n) is 12.6. The SMILES string of the molecule is CC[C@]1(C2CCN(Cc3cccc(OCCO)c3)CC2)NC(=O)N(Cc2ccc3c(c2)OCO3)C1=O. The lowest BCUT2D eigenvalue weighted by Gasteiger charge is -2.40. The zero-order valence-electron chi connectivity index (χ0n) is 20.6. The number of likely N-dealkylation sites (tertiary alicyclic amines) is 1. The minimum absolute atomic E-state index is 0.0136. The van der Waals surface area contributed by atoms with Gasteiger partial charge in [0.05, 0.1) is 13.2 Å². The maximum atomic E-state index is 13.6. The van der Waals surface area contributed by atoms with E-state index in [1.165, 1.54) is 4.90 Å². The number of urea groups is 1. The molecule has 0 spiro atoms. The van der Waals surface area contributed by atoms with E-state index in [4.69, 9.17) is 19.3 Å². The fraction of sp³-hybridized carbons (Fsp3) is 0.481. The molecule has 2 aromatic rings. The van der Waals surface area contributed by atoms with Crippen molar-refractivity contribution in [2.45, 2.75) is 44.8 Å². The van der Waals surface area contributed by atoms with Crippen LogP contribution >= 0.6 is 0 Å². The summed E-state index contributed by atoms with van der Waals surface area (Å²) >= 11 is 0. The lowest BCUT2D eigenvalue weighted by molar-refractivity contribution is -0.134. The molecule has 2 fully saturated rings. The largest absolute Gasteiger partial charge is 0.491 e. The molecule has 9 nitrogen and oxygen atoms in total. The summed E-state index contributed by atoms with van der Waals surface area (Å²) in [6.45, 7) is 5.11. The fourth-order valence-electron chi connectivity index (χ4n) is 5.55. The lowest BCUT2D eigenvalue weighted by atomic mass is 9.75. The topological polar surface area (TPSA) is 101 Å². The smallest absolute Gasteiger partial charge is 0.325 e. The number of aliphatic hydroxyl groups excluding tert-OH is 1. The van der Waals surface area contributed by atoms with E-state index in [1.54, 1.807) is 0 Å². The minimum Gasteiger partial charge on any atom is -0.491 e. The highest BCUT2D eigenvalue weighted by atomic mass is 16.7. The van der Waals surface area contributed by atoms with Gasteiger partial charge in [-0.05, 0) is 73.7 Å². The van der Waals surface area contributed by atoms with Gasteiger partial charge in [0.15, 0.2) is 11.5 Å². The molecule has 36 heavy (non-hydrogen) atoms. The number of fused-ring (bicyclic) bond motifs is 1. The molecule has 3 amide bonds. The number of nitrogens with one attached hydrogen (secondary N) is 1. The van der Waals surface area contributed by atoms with Crippen LogP contribution in [0.25, 0.3) is 0 Å². The molecule has 2 saturated heterocycles. The van der Waals surface area contributed by atoms with Crippen LogP contribution in [-0.2, 0) is 17.9 Å². The van der Waals surface area contributed by atoms with Gasteiger partial charge in [-0.25, -0.2) is 4.79 Å². The van der Waals surface area contributed by atoms with Crippen molar-refractivity contribution in [3.63, 3.8) is 0 Å². The molecule has 0 aliphatic carbocycles. The number of carbonyl (C=O) groups excluding carboxylic acids is 2. The predicted octanol–water partition coefficient (Wildman–Crippen LogP) is 2.90. The molecule has 0 saturated carbocycles. The van der Waals surface area contributed by atoms with Crippen molar-refractivity contribution in [1.29, 1.82) is 0 Å². The van der Waals surface area contributed by atoms with Crippen LogP contribution in [0.2, 0.25) is 0 Å². The van der Waals surface area contributed by atoms with E-state index < -0.39 is 5.54 Å². The number of imide groups is 1. The van der Waals surface area contributed by atoms with Crippen molar-refractivity contribution in [3.05, 3.63) is 53.6 Å². The van der Waals surface area contributed by atoms with Gasteiger partial charge in [0, 0.05) is 6.54 Å². The molecule has 5 rings (SSSR count). The summed E-state index contributed by atoms with van der Waals surface area (Å²) in [4.78, 5) is 30.3. The minimum atomic E-state index is -0.864. The number of rotatable bonds is 9. The molecule has 1 atom stereocenters. The van der Waals surface area contributed by atoms with Crippen LogP contribution in [0, 0.1) is 5.92 Å². The quantitative estimate of drug-likeness (QED) is 0.516. The summed E-state index contributed by atoms with van der Waals surface area (Å²) in [6, 6.07) is 13.1. The predicted molar refractivity (Wildman–Crippen MR) is 132 cm³/mol. The van der Waals surface area contributed by atoms with E-state index in [0.29, 0.717) is 17.9 Å². The van der Waals surface area contributed by atoms with Crippen molar-refractivity contribution in [2.75, 3.05) is 33.1 Å². The summed E-state index contributed by atoms with van der Waals surface area (Å²) < 4.78 is 16.3. The first kappa shape index (κ1) is 24.4.